The fourth-order valence-corrected chi connectivity index (χ4v) is 1.23. The van der Waals surface area contributed by atoms with E-state index in [4.69, 9.17) is 0 Å². The number of hydrogen-bond donors (Lipinski definition) is 1. The zero-order chi connectivity index (χ0) is 14.0. The highest BCUT2D eigenvalue weighted by atomic mass is 19.4. The maximum Gasteiger partial charge on any atom is 0.417 e. The Morgan fingerprint density at radius 2 is 1.83 bits per heavy atom. The van der Waals surface area contributed by atoms with Gasteiger partial charge in [-0.1, -0.05) is 27.7 Å². The quantitative estimate of drug-likeness (QED) is 0.881. The molecule has 0 bridgehead atoms. The standard InChI is InChI=1S/C13H19F3N2/c1-9(12(2,3)4)7-17-11-6-5-10(8-18-11)13(14,15)16/h5-6,8-9H,7H2,1-4H3,(H,17,18). The van der Waals surface area contributed by atoms with Crippen molar-refractivity contribution in [2.24, 2.45) is 11.3 Å². The van der Waals surface area contributed by atoms with Crippen molar-refractivity contribution in [2.45, 2.75) is 33.9 Å². The third kappa shape index (κ3) is 4.20. The molecule has 0 aliphatic heterocycles. The highest BCUT2D eigenvalue weighted by Crippen LogP contribution is 2.29. The average Bonchev–Trinajstić information content (AvgIpc) is 2.24. The van der Waals surface area contributed by atoms with Gasteiger partial charge in [-0.25, -0.2) is 4.98 Å². The molecule has 0 aromatic carbocycles. The SMILES string of the molecule is CC(CNc1ccc(C(F)(F)F)cn1)C(C)(C)C. The van der Waals surface area contributed by atoms with Crippen LogP contribution in [0.25, 0.3) is 0 Å². The normalized spacial score (nSPS) is 14.4. The van der Waals surface area contributed by atoms with Gasteiger partial charge in [0, 0.05) is 12.7 Å². The molecule has 5 heteroatoms. The van der Waals surface area contributed by atoms with Gasteiger partial charge >= 0.3 is 6.18 Å². The van der Waals surface area contributed by atoms with E-state index in [-0.39, 0.29) is 5.41 Å². The molecule has 0 aliphatic rings. The largest absolute Gasteiger partial charge is 0.417 e. The predicted molar refractivity (Wildman–Crippen MR) is 66.3 cm³/mol. The van der Waals surface area contributed by atoms with Gasteiger partial charge in [-0.3, -0.25) is 0 Å². The molecule has 1 heterocycles. The molecule has 1 aromatic rings. The van der Waals surface area contributed by atoms with Crippen molar-refractivity contribution in [1.82, 2.24) is 4.98 Å². The van der Waals surface area contributed by atoms with Crippen LogP contribution in [0.3, 0.4) is 0 Å². The molecule has 2 nitrogen and oxygen atoms in total. The first-order chi connectivity index (χ1) is 8.10. The smallest absolute Gasteiger partial charge is 0.370 e. The van der Waals surface area contributed by atoms with Crippen molar-refractivity contribution in [3.8, 4) is 0 Å². The van der Waals surface area contributed by atoms with Crippen LogP contribution in [0.1, 0.15) is 33.3 Å². The second-order valence-corrected chi connectivity index (χ2v) is 5.58. The molecule has 1 unspecified atom stereocenters. The second kappa shape index (κ2) is 5.16. The molecule has 0 radical (unpaired) electrons. The van der Waals surface area contributed by atoms with Gasteiger partial charge in [0.25, 0.3) is 0 Å². The topological polar surface area (TPSA) is 24.9 Å². The number of anilines is 1. The molecule has 18 heavy (non-hydrogen) atoms. The van der Waals surface area contributed by atoms with Crippen LogP contribution in [0.4, 0.5) is 19.0 Å². The molecule has 1 aromatic heterocycles. The molecule has 1 N–H and O–H groups in total. The zero-order valence-corrected chi connectivity index (χ0v) is 11.1. The van der Waals surface area contributed by atoms with Gasteiger partial charge in [0.1, 0.15) is 5.82 Å². The van der Waals surface area contributed by atoms with Gasteiger partial charge < -0.3 is 5.32 Å². The van der Waals surface area contributed by atoms with Gasteiger partial charge in [-0.2, -0.15) is 13.2 Å². The minimum absolute atomic E-state index is 0.152. The Kier molecular flexibility index (Phi) is 4.24. The fourth-order valence-electron chi connectivity index (χ4n) is 1.23. The summed E-state index contributed by atoms with van der Waals surface area (Å²) in [6.45, 7) is 9.15. The zero-order valence-electron chi connectivity index (χ0n) is 11.1. The summed E-state index contributed by atoms with van der Waals surface area (Å²) in [4.78, 5) is 3.77. The first-order valence-corrected chi connectivity index (χ1v) is 5.88. The van der Waals surface area contributed by atoms with E-state index in [1.165, 1.54) is 6.07 Å². The van der Waals surface area contributed by atoms with E-state index in [0.717, 1.165) is 12.3 Å². The molecule has 0 fully saturated rings. The number of nitrogens with one attached hydrogen (secondary N) is 1. The number of pyridine rings is 1. The number of halogens is 3. The van der Waals surface area contributed by atoms with Crippen LogP contribution in [0.15, 0.2) is 18.3 Å². The van der Waals surface area contributed by atoms with Gasteiger partial charge in [0.05, 0.1) is 5.56 Å². The first kappa shape index (κ1) is 14.8. The van der Waals surface area contributed by atoms with Crippen LogP contribution in [0, 0.1) is 11.3 Å². The van der Waals surface area contributed by atoms with E-state index in [1.54, 1.807) is 0 Å². The van der Waals surface area contributed by atoms with Crippen LogP contribution < -0.4 is 5.32 Å². The monoisotopic (exact) mass is 260 g/mol. The fraction of sp³-hybridized carbons (Fsp3) is 0.615. The molecule has 0 saturated heterocycles. The Hall–Kier alpha value is -1.26. The Morgan fingerprint density at radius 3 is 2.22 bits per heavy atom. The van der Waals surface area contributed by atoms with Crippen molar-refractivity contribution < 1.29 is 13.2 Å². The molecular formula is C13H19F3N2. The summed E-state index contributed by atoms with van der Waals surface area (Å²) in [7, 11) is 0. The lowest BCUT2D eigenvalue weighted by Gasteiger charge is -2.27. The predicted octanol–water partition coefficient (Wildman–Crippen LogP) is 4.19. The van der Waals surface area contributed by atoms with Crippen molar-refractivity contribution in [3.63, 3.8) is 0 Å². The van der Waals surface area contributed by atoms with Gasteiger partial charge in [-0.15, -0.1) is 0 Å². The Balaban J connectivity index is 2.60. The summed E-state index contributed by atoms with van der Waals surface area (Å²) in [5.41, 5.74) is -0.573. The minimum Gasteiger partial charge on any atom is -0.370 e. The summed E-state index contributed by atoms with van der Waals surface area (Å²) in [5, 5.41) is 3.05. The van der Waals surface area contributed by atoms with Crippen LogP contribution >= 0.6 is 0 Å². The summed E-state index contributed by atoms with van der Waals surface area (Å²) in [5.74, 6) is 0.862. The van der Waals surface area contributed by atoms with E-state index >= 15 is 0 Å². The lowest BCUT2D eigenvalue weighted by Crippen LogP contribution is -2.25. The second-order valence-electron chi connectivity index (χ2n) is 5.58. The summed E-state index contributed by atoms with van der Waals surface area (Å²) in [6.07, 6.45) is -3.48. The van der Waals surface area contributed by atoms with Crippen LogP contribution in [0.5, 0.6) is 0 Å². The molecule has 1 atom stereocenters. The maximum atomic E-state index is 12.3. The van der Waals surface area contributed by atoms with Crippen LogP contribution in [-0.4, -0.2) is 11.5 Å². The molecule has 0 aliphatic carbocycles. The van der Waals surface area contributed by atoms with E-state index in [0.29, 0.717) is 18.3 Å². The lowest BCUT2D eigenvalue weighted by atomic mass is 9.82. The van der Waals surface area contributed by atoms with Crippen LogP contribution in [0.2, 0.25) is 0 Å². The lowest BCUT2D eigenvalue weighted by molar-refractivity contribution is -0.137. The van der Waals surface area contributed by atoms with Gasteiger partial charge in [0.15, 0.2) is 0 Å². The number of alkyl halides is 3. The third-order valence-electron chi connectivity index (χ3n) is 3.16. The molecular weight excluding hydrogens is 241 g/mol. The molecule has 1 rings (SSSR count). The first-order valence-electron chi connectivity index (χ1n) is 5.88. The average molecular weight is 260 g/mol. The van der Waals surface area contributed by atoms with E-state index < -0.39 is 11.7 Å². The number of rotatable bonds is 3. The van der Waals surface area contributed by atoms with E-state index in [1.807, 2.05) is 0 Å². The highest BCUT2D eigenvalue weighted by molar-refractivity contribution is 5.36. The Labute approximate surface area is 106 Å². The summed E-state index contributed by atoms with van der Waals surface area (Å²) in [6, 6.07) is 2.40. The molecule has 0 spiro atoms. The van der Waals surface area contributed by atoms with Crippen molar-refractivity contribution in [1.29, 1.82) is 0 Å². The highest BCUT2D eigenvalue weighted by Gasteiger charge is 2.30. The third-order valence-corrected chi connectivity index (χ3v) is 3.16. The summed E-state index contributed by atoms with van der Waals surface area (Å²) >= 11 is 0. The maximum absolute atomic E-state index is 12.3. The molecule has 0 saturated carbocycles. The van der Waals surface area contributed by atoms with Gasteiger partial charge in [0.2, 0.25) is 0 Å². The van der Waals surface area contributed by atoms with E-state index in [9.17, 15) is 13.2 Å². The Morgan fingerprint density at radius 1 is 1.22 bits per heavy atom. The number of hydrogen-bond acceptors (Lipinski definition) is 2. The number of nitrogens with zero attached hydrogens (tertiary/aromatic N) is 1. The molecule has 102 valence electrons. The van der Waals surface area contributed by atoms with Crippen molar-refractivity contribution >= 4 is 5.82 Å². The Bertz CT molecular complexity index is 377. The van der Waals surface area contributed by atoms with Crippen molar-refractivity contribution in [2.75, 3.05) is 11.9 Å². The number of aromatic nitrogens is 1. The molecule has 0 amide bonds. The minimum atomic E-state index is -4.33. The van der Waals surface area contributed by atoms with Crippen LogP contribution in [-0.2, 0) is 6.18 Å². The summed E-state index contributed by atoms with van der Waals surface area (Å²) < 4.78 is 37.0. The van der Waals surface area contributed by atoms with Gasteiger partial charge in [-0.05, 0) is 23.5 Å². The van der Waals surface area contributed by atoms with Crippen molar-refractivity contribution in [3.05, 3.63) is 23.9 Å². The van der Waals surface area contributed by atoms with E-state index in [2.05, 4.69) is 38.0 Å².